The lowest BCUT2D eigenvalue weighted by molar-refractivity contribution is 0.0650. The molecule has 0 aliphatic carbocycles. The van der Waals surface area contributed by atoms with E-state index in [1.165, 1.54) is 18.2 Å². The molecular weight excluding hydrogens is 344 g/mol. The fourth-order valence-electron chi connectivity index (χ4n) is 2.48. The van der Waals surface area contributed by atoms with Gasteiger partial charge in [0.15, 0.2) is 0 Å². The van der Waals surface area contributed by atoms with Crippen LogP contribution in [0.1, 0.15) is 17.4 Å². The van der Waals surface area contributed by atoms with Crippen LogP contribution in [0.25, 0.3) is 10.6 Å². The van der Waals surface area contributed by atoms with E-state index in [2.05, 4.69) is 10.3 Å². The topological polar surface area (TPSA) is 45.2 Å². The number of hydrogen-bond acceptors (Lipinski definition) is 4. The number of carbonyl (C=O) groups is 1. The molecule has 0 unspecified atom stereocenters. The summed E-state index contributed by atoms with van der Waals surface area (Å²) in [6, 6.07) is 3.73. The quantitative estimate of drug-likeness (QED) is 0.896. The normalized spacial score (nSPS) is 17.7. The molecule has 124 valence electrons. The number of nitrogens with one attached hydrogen (secondary N) is 1. The number of aromatic nitrogens is 1. The van der Waals surface area contributed by atoms with E-state index in [-0.39, 0.29) is 40.6 Å². The van der Waals surface area contributed by atoms with Crippen molar-refractivity contribution >= 4 is 29.7 Å². The molecule has 2 aromatic rings. The third-order valence-corrected chi connectivity index (χ3v) is 4.52. The highest BCUT2D eigenvalue weighted by atomic mass is 35.5. The van der Waals surface area contributed by atoms with E-state index >= 15 is 0 Å². The van der Waals surface area contributed by atoms with Gasteiger partial charge >= 0.3 is 0 Å². The van der Waals surface area contributed by atoms with Gasteiger partial charge in [0.25, 0.3) is 5.91 Å². The lowest BCUT2D eigenvalue weighted by atomic mass is 10.2. The minimum atomic E-state index is -0.677. The zero-order valence-corrected chi connectivity index (χ0v) is 14.0. The third kappa shape index (κ3) is 3.52. The van der Waals surface area contributed by atoms with Crippen LogP contribution >= 0.6 is 23.7 Å². The molecule has 1 saturated heterocycles. The number of nitrogens with zero attached hydrogens (tertiary/aromatic N) is 2. The first-order chi connectivity index (χ1) is 10.6. The number of hydrogen-bond donors (Lipinski definition) is 1. The highest BCUT2D eigenvalue weighted by molar-refractivity contribution is 7.13. The van der Waals surface area contributed by atoms with Crippen LogP contribution in [0.4, 0.5) is 8.78 Å². The highest BCUT2D eigenvalue weighted by Gasteiger charge is 2.26. The van der Waals surface area contributed by atoms with Crippen LogP contribution in [0, 0.1) is 11.6 Å². The maximum atomic E-state index is 13.8. The van der Waals surface area contributed by atoms with Crippen molar-refractivity contribution in [1.82, 2.24) is 15.2 Å². The number of piperazine rings is 1. The van der Waals surface area contributed by atoms with Gasteiger partial charge in [0.1, 0.15) is 22.3 Å². The van der Waals surface area contributed by atoms with Crippen LogP contribution in [-0.2, 0) is 0 Å². The van der Waals surface area contributed by atoms with Gasteiger partial charge in [-0.3, -0.25) is 4.79 Å². The standard InChI is InChI=1S/C15H15F2N3OS.ClH/c1-9-7-18-5-6-20(9)15(21)12-8-22-14(19-12)13-10(16)3-2-4-11(13)17;/h2-4,8-9,18H,5-7H2,1H3;1H/t9-;/m1./s1. The summed E-state index contributed by atoms with van der Waals surface area (Å²) in [6.07, 6.45) is 0. The number of halogens is 3. The van der Waals surface area contributed by atoms with E-state index in [1.807, 2.05) is 6.92 Å². The van der Waals surface area contributed by atoms with Gasteiger partial charge < -0.3 is 10.2 Å². The Morgan fingerprint density at radius 1 is 1.39 bits per heavy atom. The van der Waals surface area contributed by atoms with Crippen LogP contribution in [0.5, 0.6) is 0 Å². The molecule has 2 heterocycles. The van der Waals surface area contributed by atoms with Crippen molar-refractivity contribution in [1.29, 1.82) is 0 Å². The summed E-state index contributed by atoms with van der Waals surface area (Å²) in [6.45, 7) is 4.01. The number of carbonyl (C=O) groups excluding carboxylic acids is 1. The molecule has 1 N–H and O–H groups in total. The van der Waals surface area contributed by atoms with Crippen LogP contribution in [0.3, 0.4) is 0 Å². The second kappa shape index (κ2) is 7.33. The average molecular weight is 360 g/mol. The van der Waals surface area contributed by atoms with Gasteiger partial charge in [-0.15, -0.1) is 23.7 Å². The number of amides is 1. The molecule has 1 aromatic heterocycles. The summed E-state index contributed by atoms with van der Waals surface area (Å²) in [5.74, 6) is -1.55. The van der Waals surface area contributed by atoms with Crippen molar-refractivity contribution in [3.05, 3.63) is 40.9 Å². The van der Waals surface area contributed by atoms with Gasteiger partial charge in [-0.25, -0.2) is 13.8 Å². The van der Waals surface area contributed by atoms with Crippen molar-refractivity contribution in [3.8, 4) is 10.6 Å². The third-order valence-electron chi connectivity index (χ3n) is 3.66. The first-order valence-electron chi connectivity index (χ1n) is 6.99. The lowest BCUT2D eigenvalue weighted by Gasteiger charge is -2.33. The summed E-state index contributed by atoms with van der Waals surface area (Å²) in [4.78, 5) is 18.3. The molecule has 1 aliphatic rings. The van der Waals surface area contributed by atoms with E-state index < -0.39 is 11.6 Å². The van der Waals surface area contributed by atoms with Crippen LogP contribution in [0.2, 0.25) is 0 Å². The summed E-state index contributed by atoms with van der Waals surface area (Å²) >= 11 is 1.07. The maximum absolute atomic E-state index is 13.8. The molecule has 1 aromatic carbocycles. The van der Waals surface area contributed by atoms with Crippen molar-refractivity contribution in [2.75, 3.05) is 19.6 Å². The van der Waals surface area contributed by atoms with Crippen molar-refractivity contribution in [2.45, 2.75) is 13.0 Å². The summed E-state index contributed by atoms with van der Waals surface area (Å²) in [5, 5.41) is 4.94. The molecule has 1 atom stereocenters. The Morgan fingerprint density at radius 2 is 2.09 bits per heavy atom. The van der Waals surface area contributed by atoms with E-state index in [1.54, 1.807) is 10.3 Å². The van der Waals surface area contributed by atoms with Crippen molar-refractivity contribution in [2.24, 2.45) is 0 Å². The first-order valence-corrected chi connectivity index (χ1v) is 7.87. The van der Waals surface area contributed by atoms with Crippen molar-refractivity contribution < 1.29 is 13.6 Å². The Labute approximate surface area is 142 Å². The second-order valence-corrected chi connectivity index (χ2v) is 6.04. The Morgan fingerprint density at radius 3 is 2.74 bits per heavy atom. The number of benzene rings is 1. The molecule has 0 radical (unpaired) electrons. The Hall–Kier alpha value is -1.57. The fourth-order valence-corrected chi connectivity index (χ4v) is 3.32. The summed E-state index contributed by atoms with van der Waals surface area (Å²) < 4.78 is 27.6. The Bertz CT molecular complexity index is 690. The second-order valence-electron chi connectivity index (χ2n) is 5.19. The molecule has 1 amide bonds. The van der Waals surface area contributed by atoms with Gasteiger partial charge in [0.05, 0.1) is 5.56 Å². The van der Waals surface area contributed by atoms with Gasteiger partial charge in [-0.05, 0) is 19.1 Å². The molecular formula is C15H16ClF2N3OS. The van der Waals surface area contributed by atoms with Crippen molar-refractivity contribution in [3.63, 3.8) is 0 Å². The Balaban J connectivity index is 0.00000192. The monoisotopic (exact) mass is 359 g/mol. The summed E-state index contributed by atoms with van der Waals surface area (Å²) in [7, 11) is 0. The number of rotatable bonds is 2. The fraction of sp³-hybridized carbons (Fsp3) is 0.333. The largest absolute Gasteiger partial charge is 0.332 e. The molecule has 1 aliphatic heterocycles. The molecule has 1 fully saturated rings. The SMILES string of the molecule is C[C@@H]1CNCCN1C(=O)c1csc(-c2c(F)cccc2F)n1.Cl. The minimum absolute atomic E-state index is 0. The van der Waals surface area contributed by atoms with E-state index in [4.69, 9.17) is 0 Å². The van der Waals surface area contributed by atoms with E-state index in [9.17, 15) is 13.6 Å². The molecule has 0 bridgehead atoms. The zero-order chi connectivity index (χ0) is 15.7. The Kier molecular flexibility index (Phi) is 5.67. The maximum Gasteiger partial charge on any atom is 0.273 e. The predicted octanol–water partition coefficient (Wildman–Crippen LogP) is 2.94. The smallest absolute Gasteiger partial charge is 0.273 e. The van der Waals surface area contributed by atoms with Gasteiger partial charge in [0.2, 0.25) is 0 Å². The van der Waals surface area contributed by atoms with Crippen LogP contribution < -0.4 is 5.32 Å². The molecule has 0 saturated carbocycles. The lowest BCUT2D eigenvalue weighted by Crippen LogP contribution is -2.52. The first kappa shape index (κ1) is 17.8. The van der Waals surface area contributed by atoms with Gasteiger partial charge in [-0.2, -0.15) is 0 Å². The minimum Gasteiger partial charge on any atom is -0.332 e. The summed E-state index contributed by atoms with van der Waals surface area (Å²) in [5.41, 5.74) is 0.0521. The molecule has 23 heavy (non-hydrogen) atoms. The zero-order valence-electron chi connectivity index (χ0n) is 12.4. The van der Waals surface area contributed by atoms with E-state index in [0.717, 1.165) is 24.4 Å². The number of thiazole rings is 1. The molecule has 4 nitrogen and oxygen atoms in total. The molecule has 8 heteroatoms. The van der Waals surface area contributed by atoms with Crippen LogP contribution in [-0.4, -0.2) is 41.5 Å². The van der Waals surface area contributed by atoms with Gasteiger partial charge in [-0.1, -0.05) is 6.07 Å². The van der Waals surface area contributed by atoms with E-state index in [0.29, 0.717) is 6.54 Å². The van der Waals surface area contributed by atoms with Gasteiger partial charge in [0, 0.05) is 31.1 Å². The van der Waals surface area contributed by atoms with Crippen LogP contribution in [0.15, 0.2) is 23.6 Å². The molecule has 3 rings (SSSR count). The average Bonchev–Trinajstić information content (AvgIpc) is 2.96. The highest BCUT2D eigenvalue weighted by Crippen LogP contribution is 2.29. The molecule has 0 spiro atoms. The predicted molar refractivity (Wildman–Crippen MR) is 88.1 cm³/mol.